The van der Waals surface area contributed by atoms with Crippen LogP contribution in [0.15, 0.2) is 4.99 Å². The maximum Gasteiger partial charge on any atom is 0.191 e. The number of hydrogen-bond acceptors (Lipinski definition) is 6. The summed E-state index contributed by atoms with van der Waals surface area (Å²) in [4.78, 5) is 9.91. The molecule has 1 aromatic heterocycles. The Kier molecular flexibility index (Phi) is 5.89. The lowest BCUT2D eigenvalue weighted by molar-refractivity contribution is 0.0154. The molecule has 150 valence electrons. The summed E-state index contributed by atoms with van der Waals surface area (Å²) in [5, 5.41) is 15.4. The Labute approximate surface area is 161 Å². The number of nitrogens with one attached hydrogen (secondary N) is 2. The van der Waals surface area contributed by atoms with Crippen LogP contribution in [0, 0.1) is 6.92 Å². The molecule has 4 saturated heterocycles. The summed E-state index contributed by atoms with van der Waals surface area (Å²) in [6, 6.07) is 0.555. The first-order valence-electron chi connectivity index (χ1n) is 10.1. The largest absolute Gasteiger partial charge is 0.376 e. The average molecular weight is 377 g/mol. The van der Waals surface area contributed by atoms with Crippen LogP contribution < -0.4 is 10.6 Å². The summed E-state index contributed by atoms with van der Waals surface area (Å²) in [6.07, 6.45) is 2.56. The lowest BCUT2D eigenvalue weighted by Gasteiger charge is -2.47. The highest BCUT2D eigenvalue weighted by Gasteiger charge is 2.31. The lowest BCUT2D eigenvalue weighted by atomic mass is 10.1. The number of rotatable bonds is 6. The number of aromatic nitrogens is 3. The van der Waals surface area contributed by atoms with Gasteiger partial charge in [0, 0.05) is 65.5 Å². The Morgan fingerprint density at radius 1 is 1.19 bits per heavy atom. The van der Waals surface area contributed by atoms with Crippen molar-refractivity contribution in [1.29, 1.82) is 0 Å². The van der Waals surface area contributed by atoms with Gasteiger partial charge in [-0.2, -0.15) is 0 Å². The minimum absolute atomic E-state index is 0.287. The number of aliphatic imine (C=N–C) groups is 1. The molecule has 2 bridgehead atoms. The van der Waals surface area contributed by atoms with Gasteiger partial charge in [-0.1, -0.05) is 0 Å². The van der Waals surface area contributed by atoms with E-state index in [0.29, 0.717) is 12.6 Å². The van der Waals surface area contributed by atoms with Gasteiger partial charge in [0.05, 0.1) is 6.10 Å². The third-order valence-electron chi connectivity index (χ3n) is 5.98. The van der Waals surface area contributed by atoms with Crippen LogP contribution in [-0.4, -0.2) is 95.1 Å². The Morgan fingerprint density at radius 2 is 2.00 bits per heavy atom. The van der Waals surface area contributed by atoms with E-state index in [1.54, 1.807) is 0 Å². The molecule has 2 N–H and O–H groups in total. The SMILES string of the molecule is Cc1nnc(CN=C(NCC2CCCO2)NCC2CN3CCN2CC3)n1C. The first kappa shape index (κ1) is 18.6. The van der Waals surface area contributed by atoms with Gasteiger partial charge in [0.1, 0.15) is 12.4 Å². The Bertz CT molecular complexity index is 646. The number of aryl methyl sites for hydroxylation is 1. The minimum Gasteiger partial charge on any atom is -0.376 e. The van der Waals surface area contributed by atoms with E-state index in [1.165, 1.54) is 26.2 Å². The van der Waals surface area contributed by atoms with Gasteiger partial charge in [-0.25, -0.2) is 4.99 Å². The zero-order valence-electron chi connectivity index (χ0n) is 16.5. The van der Waals surface area contributed by atoms with Crippen LogP contribution >= 0.6 is 0 Å². The van der Waals surface area contributed by atoms with E-state index < -0.39 is 0 Å². The molecule has 4 aliphatic rings. The van der Waals surface area contributed by atoms with Crippen LogP contribution in [0.25, 0.3) is 0 Å². The predicted octanol–water partition coefficient (Wildman–Crippen LogP) is -0.662. The minimum atomic E-state index is 0.287. The van der Waals surface area contributed by atoms with E-state index in [2.05, 4.69) is 30.6 Å². The predicted molar refractivity (Wildman–Crippen MR) is 104 cm³/mol. The number of fused-ring (bicyclic) bond motifs is 3. The quantitative estimate of drug-likeness (QED) is 0.504. The molecule has 9 nitrogen and oxygen atoms in total. The molecule has 0 amide bonds. The van der Waals surface area contributed by atoms with Gasteiger partial charge in [0.25, 0.3) is 0 Å². The first-order valence-corrected chi connectivity index (χ1v) is 10.1. The lowest BCUT2D eigenvalue weighted by Crippen LogP contribution is -2.64. The number of hydrogen-bond donors (Lipinski definition) is 2. The van der Waals surface area contributed by atoms with Crippen molar-refractivity contribution in [3.05, 3.63) is 11.6 Å². The van der Waals surface area contributed by atoms with E-state index in [9.17, 15) is 0 Å². The van der Waals surface area contributed by atoms with Crippen molar-refractivity contribution < 1.29 is 4.74 Å². The van der Waals surface area contributed by atoms with Gasteiger partial charge >= 0.3 is 0 Å². The molecule has 1 aromatic rings. The highest BCUT2D eigenvalue weighted by Crippen LogP contribution is 2.15. The van der Waals surface area contributed by atoms with Crippen LogP contribution in [0.2, 0.25) is 0 Å². The first-order chi connectivity index (χ1) is 13.2. The number of guanidine groups is 1. The zero-order valence-corrected chi connectivity index (χ0v) is 16.5. The fourth-order valence-corrected chi connectivity index (χ4v) is 4.06. The van der Waals surface area contributed by atoms with Crippen LogP contribution in [0.5, 0.6) is 0 Å². The normalized spacial score (nSPS) is 30.7. The molecular formula is C18H32N8O. The van der Waals surface area contributed by atoms with E-state index in [0.717, 1.165) is 56.7 Å². The van der Waals surface area contributed by atoms with Crippen LogP contribution in [-0.2, 0) is 18.3 Å². The summed E-state index contributed by atoms with van der Waals surface area (Å²) >= 11 is 0. The Balaban J connectivity index is 1.35. The third-order valence-corrected chi connectivity index (χ3v) is 5.98. The summed E-state index contributed by atoms with van der Waals surface area (Å²) in [7, 11) is 1.98. The fourth-order valence-electron chi connectivity index (χ4n) is 4.06. The molecule has 0 aliphatic carbocycles. The zero-order chi connectivity index (χ0) is 18.6. The van der Waals surface area contributed by atoms with Crippen molar-refractivity contribution in [3.63, 3.8) is 0 Å². The second kappa shape index (κ2) is 8.53. The number of piperazine rings is 3. The van der Waals surface area contributed by atoms with Gasteiger partial charge in [0.2, 0.25) is 0 Å². The van der Waals surface area contributed by atoms with Crippen molar-refractivity contribution in [2.45, 2.75) is 38.5 Å². The van der Waals surface area contributed by atoms with Crippen LogP contribution in [0.4, 0.5) is 0 Å². The van der Waals surface area contributed by atoms with Crippen LogP contribution in [0.3, 0.4) is 0 Å². The molecule has 4 aliphatic heterocycles. The van der Waals surface area contributed by atoms with Crippen molar-refractivity contribution >= 4 is 5.96 Å². The van der Waals surface area contributed by atoms with Gasteiger partial charge in [-0.15, -0.1) is 10.2 Å². The van der Waals surface area contributed by atoms with Gasteiger partial charge in [0.15, 0.2) is 11.8 Å². The molecule has 0 saturated carbocycles. The Hall–Kier alpha value is -1.71. The molecule has 0 aromatic carbocycles. The topological polar surface area (TPSA) is 82.8 Å². The molecular weight excluding hydrogens is 344 g/mol. The summed E-state index contributed by atoms with van der Waals surface area (Å²) in [5.41, 5.74) is 0. The maximum atomic E-state index is 5.74. The maximum absolute atomic E-state index is 5.74. The fraction of sp³-hybridized carbons (Fsp3) is 0.833. The second-order valence-corrected chi connectivity index (χ2v) is 7.77. The van der Waals surface area contributed by atoms with Crippen molar-refractivity contribution in [2.24, 2.45) is 12.0 Å². The van der Waals surface area contributed by atoms with Crippen molar-refractivity contribution in [1.82, 2.24) is 35.2 Å². The molecule has 0 radical (unpaired) electrons. The summed E-state index contributed by atoms with van der Waals surface area (Å²) in [6.45, 7) is 11.0. The highest BCUT2D eigenvalue weighted by atomic mass is 16.5. The standard InChI is InChI=1S/C18H32N8O/c1-14-22-23-17(24(14)2)12-21-18(20-11-16-4-3-9-27-16)19-10-15-13-25-5-7-26(15)8-6-25/h15-16H,3-13H2,1-2H3,(H2,19,20,21). The number of ether oxygens (including phenoxy) is 1. The smallest absolute Gasteiger partial charge is 0.191 e. The van der Waals surface area contributed by atoms with Crippen molar-refractivity contribution in [2.75, 3.05) is 52.4 Å². The number of nitrogens with zero attached hydrogens (tertiary/aromatic N) is 6. The average Bonchev–Trinajstić information content (AvgIpc) is 3.33. The van der Waals surface area contributed by atoms with E-state index in [1.807, 2.05) is 18.5 Å². The molecule has 4 fully saturated rings. The molecule has 5 rings (SSSR count). The second-order valence-electron chi connectivity index (χ2n) is 7.77. The molecule has 2 atom stereocenters. The van der Waals surface area contributed by atoms with Gasteiger partial charge < -0.3 is 19.9 Å². The van der Waals surface area contributed by atoms with E-state index in [4.69, 9.17) is 9.73 Å². The molecule has 5 heterocycles. The summed E-state index contributed by atoms with van der Waals surface area (Å²) < 4.78 is 7.72. The molecule has 0 spiro atoms. The van der Waals surface area contributed by atoms with E-state index in [-0.39, 0.29) is 6.10 Å². The van der Waals surface area contributed by atoms with Crippen LogP contribution in [0.1, 0.15) is 24.5 Å². The summed E-state index contributed by atoms with van der Waals surface area (Å²) in [5.74, 6) is 2.61. The van der Waals surface area contributed by atoms with Gasteiger partial charge in [-0.3, -0.25) is 9.80 Å². The molecule has 27 heavy (non-hydrogen) atoms. The third kappa shape index (κ3) is 4.59. The van der Waals surface area contributed by atoms with Crippen molar-refractivity contribution in [3.8, 4) is 0 Å². The van der Waals surface area contributed by atoms with E-state index >= 15 is 0 Å². The highest BCUT2D eigenvalue weighted by molar-refractivity contribution is 5.79. The molecule has 2 unspecified atom stereocenters. The Morgan fingerprint density at radius 3 is 2.63 bits per heavy atom. The molecule has 9 heteroatoms. The monoisotopic (exact) mass is 376 g/mol. The van der Waals surface area contributed by atoms with Gasteiger partial charge in [-0.05, 0) is 19.8 Å².